The first-order valence-corrected chi connectivity index (χ1v) is 13.9. The van der Waals surface area contributed by atoms with Crippen LogP contribution >= 0.6 is 0 Å². The average molecular weight is 513 g/mol. The Morgan fingerprint density at radius 1 is 0.475 bits per heavy atom. The van der Waals surface area contributed by atoms with Crippen LogP contribution < -0.4 is 10.6 Å². The highest BCUT2D eigenvalue weighted by atomic mass is 15.0. The first kappa shape index (κ1) is 22.9. The van der Waals surface area contributed by atoms with E-state index in [-0.39, 0.29) is 12.1 Å². The molecule has 0 bridgehead atoms. The summed E-state index contributed by atoms with van der Waals surface area (Å²) in [7, 11) is 0. The number of nitrogens with one attached hydrogen (secondary N) is 2. The van der Waals surface area contributed by atoms with E-state index in [9.17, 15) is 0 Å². The summed E-state index contributed by atoms with van der Waals surface area (Å²) < 4.78 is 0. The van der Waals surface area contributed by atoms with E-state index in [1.165, 1.54) is 66.5 Å². The van der Waals surface area contributed by atoms with Crippen LogP contribution in [-0.4, -0.2) is 6.04 Å². The number of rotatable bonds is 4. The van der Waals surface area contributed by atoms with Gasteiger partial charge < -0.3 is 10.6 Å². The SMILES string of the molecule is C1=CNC(C2=CC=CC(c3ccc(-c4ccc(-c5ccc6c7c(cccc57)-c5ccccc5-6)cc4)cc3)N2)C=C1. The fourth-order valence-corrected chi connectivity index (χ4v) is 6.36. The lowest BCUT2D eigenvalue weighted by Crippen LogP contribution is -2.35. The van der Waals surface area contributed by atoms with Gasteiger partial charge in [0.05, 0.1) is 12.1 Å². The summed E-state index contributed by atoms with van der Waals surface area (Å²) in [6.45, 7) is 0. The molecule has 0 aromatic heterocycles. The first-order valence-electron chi connectivity index (χ1n) is 13.9. The molecular weight excluding hydrogens is 484 g/mol. The molecule has 5 aromatic carbocycles. The maximum atomic E-state index is 3.68. The van der Waals surface area contributed by atoms with E-state index in [4.69, 9.17) is 0 Å². The fraction of sp³-hybridized carbons (Fsp3) is 0.0526. The van der Waals surface area contributed by atoms with E-state index in [1.807, 2.05) is 12.3 Å². The lowest BCUT2D eigenvalue weighted by Gasteiger charge is -2.27. The summed E-state index contributed by atoms with van der Waals surface area (Å²) in [5.74, 6) is 0. The Balaban J connectivity index is 1.05. The van der Waals surface area contributed by atoms with Crippen molar-refractivity contribution in [3.05, 3.63) is 157 Å². The van der Waals surface area contributed by atoms with Crippen molar-refractivity contribution in [3.8, 4) is 44.5 Å². The normalized spacial score (nSPS) is 18.2. The first-order chi connectivity index (χ1) is 19.8. The Kier molecular flexibility index (Phi) is 5.31. The predicted molar refractivity (Wildman–Crippen MR) is 168 cm³/mol. The minimum atomic E-state index is 0.160. The Morgan fingerprint density at radius 3 is 1.88 bits per heavy atom. The summed E-state index contributed by atoms with van der Waals surface area (Å²) in [5, 5.41) is 9.77. The second-order valence-electron chi connectivity index (χ2n) is 10.7. The molecule has 2 aliphatic heterocycles. The molecule has 2 N–H and O–H groups in total. The van der Waals surface area contributed by atoms with E-state index in [2.05, 4.69) is 144 Å². The van der Waals surface area contributed by atoms with Crippen molar-refractivity contribution in [2.24, 2.45) is 0 Å². The highest BCUT2D eigenvalue weighted by Crippen LogP contribution is 2.49. The summed E-state index contributed by atoms with van der Waals surface area (Å²) in [6.07, 6.45) is 14.8. The van der Waals surface area contributed by atoms with Gasteiger partial charge in [-0.25, -0.2) is 0 Å². The van der Waals surface area contributed by atoms with Gasteiger partial charge in [0.25, 0.3) is 0 Å². The average Bonchev–Trinajstić information content (AvgIpc) is 3.37. The highest BCUT2D eigenvalue weighted by Gasteiger charge is 2.22. The Hall–Kier alpha value is -5.08. The molecule has 1 aliphatic carbocycles. The molecule has 190 valence electrons. The topological polar surface area (TPSA) is 24.1 Å². The molecule has 0 fully saturated rings. The largest absolute Gasteiger partial charge is 0.379 e. The molecule has 0 amide bonds. The minimum absolute atomic E-state index is 0.160. The van der Waals surface area contributed by atoms with Gasteiger partial charge in [0, 0.05) is 5.70 Å². The van der Waals surface area contributed by atoms with E-state index >= 15 is 0 Å². The van der Waals surface area contributed by atoms with E-state index in [0.717, 1.165) is 0 Å². The summed E-state index contributed by atoms with van der Waals surface area (Å²) in [5.41, 5.74) is 12.8. The second-order valence-corrected chi connectivity index (χ2v) is 10.7. The molecule has 8 rings (SSSR count). The third-order valence-electron chi connectivity index (χ3n) is 8.37. The number of hydrogen-bond acceptors (Lipinski definition) is 2. The third kappa shape index (κ3) is 3.72. The van der Waals surface area contributed by atoms with Gasteiger partial charge >= 0.3 is 0 Å². The van der Waals surface area contributed by atoms with Crippen molar-refractivity contribution < 1.29 is 0 Å². The lowest BCUT2D eigenvalue weighted by atomic mass is 9.93. The van der Waals surface area contributed by atoms with Crippen LogP contribution in [0.15, 0.2) is 151 Å². The molecule has 0 radical (unpaired) electrons. The van der Waals surface area contributed by atoms with Gasteiger partial charge in [-0.1, -0.05) is 127 Å². The summed E-state index contributed by atoms with van der Waals surface area (Å²) in [4.78, 5) is 0. The van der Waals surface area contributed by atoms with Crippen LogP contribution in [0.25, 0.3) is 55.3 Å². The molecule has 3 aliphatic rings. The third-order valence-corrected chi connectivity index (χ3v) is 8.37. The summed E-state index contributed by atoms with van der Waals surface area (Å²) in [6, 6.07) is 38.3. The number of hydrogen-bond donors (Lipinski definition) is 2. The Bertz CT molecular complexity index is 1860. The van der Waals surface area contributed by atoms with Crippen LogP contribution in [0.5, 0.6) is 0 Å². The van der Waals surface area contributed by atoms with Crippen molar-refractivity contribution in [2.75, 3.05) is 0 Å². The molecule has 5 aromatic rings. The molecule has 0 saturated heterocycles. The van der Waals surface area contributed by atoms with Gasteiger partial charge in [-0.05, 0) is 79.2 Å². The van der Waals surface area contributed by atoms with Gasteiger partial charge in [0.15, 0.2) is 0 Å². The monoisotopic (exact) mass is 512 g/mol. The molecule has 0 saturated carbocycles. The van der Waals surface area contributed by atoms with E-state index in [0.29, 0.717) is 0 Å². The van der Waals surface area contributed by atoms with Crippen molar-refractivity contribution >= 4 is 10.8 Å². The zero-order valence-electron chi connectivity index (χ0n) is 22.0. The van der Waals surface area contributed by atoms with Crippen molar-refractivity contribution in [1.29, 1.82) is 0 Å². The van der Waals surface area contributed by atoms with Gasteiger partial charge in [-0.2, -0.15) is 0 Å². The van der Waals surface area contributed by atoms with Crippen LogP contribution in [0, 0.1) is 0 Å². The van der Waals surface area contributed by atoms with Gasteiger partial charge in [0.1, 0.15) is 0 Å². The van der Waals surface area contributed by atoms with E-state index in [1.54, 1.807) is 0 Å². The molecule has 2 heteroatoms. The predicted octanol–water partition coefficient (Wildman–Crippen LogP) is 8.95. The number of benzene rings is 5. The van der Waals surface area contributed by atoms with Gasteiger partial charge in [-0.3, -0.25) is 0 Å². The molecular formula is C38H28N2. The standard InChI is InChI=1S/C38H28N2/c1-2-8-31-30(7-1)33-10-5-9-32-29(22-23-34(31)38(32)33)27-18-14-25(15-19-27)26-16-20-28(21-17-26)35-12-6-13-37(40-35)36-11-3-4-24-39-36/h1-24,35-36,39-40H. The zero-order valence-corrected chi connectivity index (χ0v) is 22.0. The Morgan fingerprint density at radius 2 is 1.12 bits per heavy atom. The molecule has 2 unspecified atom stereocenters. The fourth-order valence-electron chi connectivity index (χ4n) is 6.36. The maximum absolute atomic E-state index is 3.68. The minimum Gasteiger partial charge on any atom is -0.379 e. The van der Waals surface area contributed by atoms with Crippen LogP contribution in [0.1, 0.15) is 11.6 Å². The second kappa shape index (κ2) is 9.29. The zero-order chi connectivity index (χ0) is 26.5. The summed E-state index contributed by atoms with van der Waals surface area (Å²) >= 11 is 0. The molecule has 40 heavy (non-hydrogen) atoms. The van der Waals surface area contributed by atoms with Crippen LogP contribution in [0.4, 0.5) is 0 Å². The lowest BCUT2D eigenvalue weighted by molar-refractivity contribution is 0.627. The number of allylic oxidation sites excluding steroid dienone is 4. The molecule has 0 spiro atoms. The van der Waals surface area contributed by atoms with Crippen LogP contribution in [0.2, 0.25) is 0 Å². The number of dihydropyridines is 2. The molecule has 2 nitrogen and oxygen atoms in total. The van der Waals surface area contributed by atoms with E-state index < -0.39 is 0 Å². The van der Waals surface area contributed by atoms with Crippen molar-refractivity contribution in [3.63, 3.8) is 0 Å². The van der Waals surface area contributed by atoms with Crippen molar-refractivity contribution in [1.82, 2.24) is 10.6 Å². The molecule has 2 atom stereocenters. The van der Waals surface area contributed by atoms with Crippen molar-refractivity contribution in [2.45, 2.75) is 12.1 Å². The number of fused-ring (bicyclic) bond motifs is 3. The smallest absolute Gasteiger partial charge is 0.0843 e. The maximum Gasteiger partial charge on any atom is 0.0843 e. The van der Waals surface area contributed by atoms with Crippen LogP contribution in [0.3, 0.4) is 0 Å². The van der Waals surface area contributed by atoms with Crippen LogP contribution in [-0.2, 0) is 0 Å². The Labute approximate surface area is 234 Å². The molecule has 2 heterocycles. The quantitative estimate of drug-likeness (QED) is 0.246. The van der Waals surface area contributed by atoms with Gasteiger partial charge in [0.2, 0.25) is 0 Å². The van der Waals surface area contributed by atoms with Gasteiger partial charge in [-0.15, -0.1) is 0 Å². The highest BCUT2D eigenvalue weighted by molar-refractivity contribution is 6.18.